The average molecular weight is 431 g/mol. The van der Waals surface area contributed by atoms with Crippen molar-refractivity contribution in [2.45, 2.75) is 9.79 Å². The number of thioether (sulfide) groups is 2. The van der Waals surface area contributed by atoms with Crippen molar-refractivity contribution in [2.75, 3.05) is 41.8 Å². The Morgan fingerprint density at radius 1 is 1.21 bits per heavy atom. The first-order valence-corrected chi connectivity index (χ1v) is 11.7. The second-order valence-corrected chi connectivity index (χ2v) is 9.17. The van der Waals surface area contributed by atoms with E-state index in [-0.39, 0.29) is 0 Å². The zero-order valence-electron chi connectivity index (χ0n) is 15.3. The summed E-state index contributed by atoms with van der Waals surface area (Å²) >= 11 is 8.53. The lowest BCUT2D eigenvalue weighted by Crippen LogP contribution is -2.32. The Hall–Kier alpha value is -1.68. The number of nitrogens with two attached hydrogens (primary N) is 1. The van der Waals surface area contributed by atoms with E-state index in [2.05, 4.69) is 61.9 Å². The molecule has 2 heterocycles. The van der Waals surface area contributed by atoms with E-state index in [1.165, 1.54) is 17.2 Å². The maximum absolute atomic E-state index is 5.68. The number of benzene rings is 2. The van der Waals surface area contributed by atoms with Gasteiger partial charge in [0.15, 0.2) is 0 Å². The number of H-pyrrole nitrogens is 1. The molecule has 9 heteroatoms. The van der Waals surface area contributed by atoms with Gasteiger partial charge in [0.2, 0.25) is 5.82 Å². The number of hydrogen-bond donors (Lipinski definition) is 3. The highest BCUT2D eigenvalue weighted by Crippen LogP contribution is 2.41. The van der Waals surface area contributed by atoms with Crippen LogP contribution in [0.3, 0.4) is 0 Å². The fourth-order valence-corrected chi connectivity index (χ4v) is 5.42. The summed E-state index contributed by atoms with van der Waals surface area (Å²) in [4.78, 5) is 4.37. The van der Waals surface area contributed by atoms with Crippen LogP contribution in [0, 0.1) is 0 Å². The third-order valence-corrected chi connectivity index (χ3v) is 7.27. The molecule has 6 nitrogen and oxygen atoms in total. The number of nitrogens with one attached hydrogen (secondary N) is 1. The van der Waals surface area contributed by atoms with Crippen LogP contribution >= 0.6 is 36.2 Å². The van der Waals surface area contributed by atoms with Gasteiger partial charge in [-0.3, -0.25) is 0 Å². The standard InChI is InChI=1S/C19H22N6S3/c20-6-9-28-16-5-4-15(17(18(16)26)19-21-23-24-22-19)13-2-1-3-14(12-13)25-7-10-27-11-8-25/h1-5,12,26H,6-11,20H2,(H,21,22,23,24). The average Bonchev–Trinajstić information content (AvgIpc) is 3.28. The predicted octanol–water partition coefficient (Wildman–Crippen LogP) is 3.43. The van der Waals surface area contributed by atoms with Crippen molar-refractivity contribution >= 4 is 41.8 Å². The van der Waals surface area contributed by atoms with Gasteiger partial charge < -0.3 is 10.6 Å². The van der Waals surface area contributed by atoms with E-state index < -0.39 is 0 Å². The highest BCUT2D eigenvalue weighted by molar-refractivity contribution is 7.99. The number of hydrogen-bond acceptors (Lipinski definition) is 8. The molecule has 1 aliphatic heterocycles. The van der Waals surface area contributed by atoms with Crippen LogP contribution in [0.1, 0.15) is 0 Å². The lowest BCUT2D eigenvalue weighted by molar-refractivity contribution is 0.859. The van der Waals surface area contributed by atoms with E-state index in [1.54, 1.807) is 11.8 Å². The van der Waals surface area contributed by atoms with Gasteiger partial charge in [0.1, 0.15) is 0 Å². The third kappa shape index (κ3) is 4.17. The molecular weight excluding hydrogens is 408 g/mol. The Balaban J connectivity index is 1.78. The number of anilines is 1. The van der Waals surface area contributed by atoms with Crippen molar-refractivity contribution in [3.8, 4) is 22.5 Å². The van der Waals surface area contributed by atoms with E-state index >= 15 is 0 Å². The summed E-state index contributed by atoms with van der Waals surface area (Å²) < 4.78 is 0. The molecule has 0 spiro atoms. The molecule has 28 heavy (non-hydrogen) atoms. The van der Waals surface area contributed by atoms with Crippen molar-refractivity contribution in [2.24, 2.45) is 5.73 Å². The smallest absolute Gasteiger partial charge is 0.206 e. The molecule has 3 N–H and O–H groups in total. The molecule has 0 aliphatic carbocycles. The first-order chi connectivity index (χ1) is 13.8. The van der Waals surface area contributed by atoms with Gasteiger partial charge in [0.25, 0.3) is 0 Å². The van der Waals surface area contributed by atoms with Crippen LogP contribution < -0.4 is 10.6 Å². The van der Waals surface area contributed by atoms with Crippen LogP contribution in [0.5, 0.6) is 0 Å². The van der Waals surface area contributed by atoms with Crippen molar-refractivity contribution < 1.29 is 0 Å². The van der Waals surface area contributed by atoms with Crippen molar-refractivity contribution in [3.63, 3.8) is 0 Å². The normalized spacial score (nSPS) is 14.4. The maximum Gasteiger partial charge on any atom is 0.206 e. The molecule has 1 saturated heterocycles. The molecular formula is C19H22N6S3. The van der Waals surface area contributed by atoms with E-state index in [0.29, 0.717) is 12.4 Å². The number of aromatic amines is 1. The molecule has 3 aromatic rings. The second-order valence-electron chi connectivity index (χ2n) is 6.36. The first-order valence-electron chi connectivity index (χ1n) is 9.13. The zero-order valence-corrected chi connectivity index (χ0v) is 17.9. The number of thiol groups is 1. The second kappa shape index (κ2) is 9.21. The van der Waals surface area contributed by atoms with E-state index in [4.69, 9.17) is 18.4 Å². The monoisotopic (exact) mass is 430 g/mol. The Morgan fingerprint density at radius 3 is 2.82 bits per heavy atom. The van der Waals surface area contributed by atoms with Gasteiger partial charge in [0, 0.05) is 57.9 Å². The minimum atomic E-state index is 0.551. The fourth-order valence-electron chi connectivity index (χ4n) is 3.28. The summed E-state index contributed by atoms with van der Waals surface area (Å²) in [6.45, 7) is 2.78. The molecule has 0 unspecified atom stereocenters. The molecule has 0 bridgehead atoms. The molecule has 1 aromatic heterocycles. The van der Waals surface area contributed by atoms with E-state index in [0.717, 1.165) is 45.3 Å². The quantitative estimate of drug-likeness (QED) is 0.408. The summed E-state index contributed by atoms with van der Waals surface area (Å²) in [6, 6.07) is 12.9. The Bertz CT molecular complexity index is 925. The molecule has 2 aromatic carbocycles. The first kappa shape index (κ1) is 19.6. The van der Waals surface area contributed by atoms with Gasteiger partial charge in [-0.15, -0.1) is 34.6 Å². The molecule has 146 valence electrons. The Labute approximate surface area is 178 Å². The molecule has 1 fully saturated rings. The summed E-state index contributed by atoms with van der Waals surface area (Å²) in [6.07, 6.45) is 0. The summed E-state index contributed by atoms with van der Waals surface area (Å²) in [5, 5.41) is 14.8. The minimum Gasteiger partial charge on any atom is -0.370 e. The van der Waals surface area contributed by atoms with Crippen molar-refractivity contribution in [1.29, 1.82) is 0 Å². The van der Waals surface area contributed by atoms with Crippen molar-refractivity contribution in [3.05, 3.63) is 36.4 Å². The number of aromatic nitrogens is 4. The van der Waals surface area contributed by atoms with Gasteiger partial charge in [0.05, 0.1) is 0 Å². The van der Waals surface area contributed by atoms with Gasteiger partial charge in [-0.05, 0) is 34.5 Å². The van der Waals surface area contributed by atoms with Crippen LogP contribution in [-0.4, -0.2) is 57.5 Å². The van der Waals surface area contributed by atoms with E-state index in [9.17, 15) is 0 Å². The lowest BCUT2D eigenvalue weighted by Gasteiger charge is -2.29. The van der Waals surface area contributed by atoms with Gasteiger partial charge in [-0.2, -0.15) is 17.0 Å². The van der Waals surface area contributed by atoms with Crippen molar-refractivity contribution in [1.82, 2.24) is 20.6 Å². The summed E-state index contributed by atoms with van der Waals surface area (Å²) in [5.74, 6) is 3.73. The SMILES string of the molecule is NCCSc1ccc(-c2cccc(N3CCSCC3)c2)c(-c2nn[nH]n2)c1S. The maximum atomic E-state index is 5.68. The number of nitrogens with zero attached hydrogens (tertiary/aromatic N) is 4. The highest BCUT2D eigenvalue weighted by atomic mass is 32.2. The van der Waals surface area contributed by atoms with Crippen LogP contribution in [0.25, 0.3) is 22.5 Å². The van der Waals surface area contributed by atoms with Crippen LogP contribution in [0.2, 0.25) is 0 Å². The Kier molecular flexibility index (Phi) is 6.46. The van der Waals surface area contributed by atoms with Gasteiger partial charge >= 0.3 is 0 Å². The minimum absolute atomic E-state index is 0.551. The molecule has 4 rings (SSSR count). The highest BCUT2D eigenvalue weighted by Gasteiger charge is 2.19. The topological polar surface area (TPSA) is 83.7 Å². The van der Waals surface area contributed by atoms with Gasteiger partial charge in [-0.1, -0.05) is 18.2 Å². The fraction of sp³-hybridized carbons (Fsp3) is 0.316. The summed E-state index contributed by atoms with van der Waals surface area (Å²) in [7, 11) is 0. The zero-order chi connectivity index (χ0) is 19.3. The van der Waals surface area contributed by atoms with Crippen LogP contribution in [0.4, 0.5) is 5.69 Å². The lowest BCUT2D eigenvalue weighted by atomic mass is 9.98. The van der Waals surface area contributed by atoms with Gasteiger partial charge in [-0.25, -0.2) is 0 Å². The Morgan fingerprint density at radius 2 is 2.07 bits per heavy atom. The van der Waals surface area contributed by atoms with Crippen LogP contribution in [-0.2, 0) is 0 Å². The van der Waals surface area contributed by atoms with E-state index in [1.807, 2.05) is 11.8 Å². The summed E-state index contributed by atoms with van der Waals surface area (Å²) in [5.41, 5.74) is 10.00. The molecule has 0 amide bonds. The molecule has 0 atom stereocenters. The molecule has 1 aliphatic rings. The molecule has 0 radical (unpaired) electrons. The predicted molar refractivity (Wildman–Crippen MR) is 122 cm³/mol. The van der Waals surface area contributed by atoms with Crippen LogP contribution in [0.15, 0.2) is 46.2 Å². The largest absolute Gasteiger partial charge is 0.370 e. The number of rotatable bonds is 6. The molecule has 0 saturated carbocycles. The third-order valence-electron chi connectivity index (χ3n) is 4.62. The number of tetrazole rings is 1.